The molecule has 27 heavy (non-hydrogen) atoms. The summed E-state index contributed by atoms with van der Waals surface area (Å²) < 4.78 is 5.31. The van der Waals surface area contributed by atoms with E-state index in [0.717, 1.165) is 36.8 Å². The Labute approximate surface area is 158 Å². The van der Waals surface area contributed by atoms with Crippen LogP contribution in [0.5, 0.6) is 0 Å². The Morgan fingerprint density at radius 3 is 2.33 bits per heavy atom. The highest BCUT2D eigenvalue weighted by Crippen LogP contribution is 2.39. The van der Waals surface area contributed by atoms with E-state index < -0.39 is 11.0 Å². The average molecular weight is 368 g/mol. The van der Waals surface area contributed by atoms with Crippen LogP contribution < -0.4 is 5.32 Å². The van der Waals surface area contributed by atoms with Gasteiger partial charge in [-0.1, -0.05) is 61.7 Å². The summed E-state index contributed by atoms with van der Waals surface area (Å²) in [4.78, 5) is 22.7. The molecular weight excluding hydrogens is 344 g/mol. The molecule has 6 nitrogen and oxygen atoms in total. The van der Waals surface area contributed by atoms with E-state index in [1.807, 2.05) is 42.5 Å². The molecule has 142 valence electrons. The second-order valence-electron chi connectivity index (χ2n) is 7.06. The number of carbonyl (C=O) groups excluding carboxylic acids is 1. The van der Waals surface area contributed by atoms with E-state index in [2.05, 4.69) is 5.32 Å². The standard InChI is InChI=1S/C21H24N2O4/c24-20(27-15-17-7-3-1-4-8-17)22-16-21(13-5-2-6-14-21)18-9-11-19(12-10-18)23(25)26/h1,3-4,7-12H,2,5-6,13-16H2,(H,22,24). The van der Waals surface area contributed by atoms with Crippen LogP contribution in [-0.4, -0.2) is 17.6 Å². The Kier molecular flexibility index (Phi) is 6.06. The van der Waals surface area contributed by atoms with Crippen molar-refractivity contribution >= 4 is 11.8 Å². The first-order valence-corrected chi connectivity index (χ1v) is 9.29. The topological polar surface area (TPSA) is 81.5 Å². The molecule has 0 aliphatic heterocycles. The molecule has 1 fully saturated rings. The predicted octanol–water partition coefficient (Wildman–Crippen LogP) is 4.72. The van der Waals surface area contributed by atoms with Gasteiger partial charge in [-0.15, -0.1) is 0 Å². The number of hydrogen-bond acceptors (Lipinski definition) is 4. The van der Waals surface area contributed by atoms with Gasteiger partial charge in [-0.2, -0.15) is 0 Å². The molecule has 0 saturated heterocycles. The smallest absolute Gasteiger partial charge is 0.407 e. The van der Waals surface area contributed by atoms with Crippen molar-refractivity contribution in [3.05, 3.63) is 75.8 Å². The van der Waals surface area contributed by atoms with Crippen molar-refractivity contribution in [2.45, 2.75) is 44.1 Å². The molecular formula is C21H24N2O4. The summed E-state index contributed by atoms with van der Waals surface area (Å²) in [5, 5.41) is 13.8. The second kappa shape index (κ2) is 8.66. The van der Waals surface area contributed by atoms with E-state index in [0.29, 0.717) is 6.54 Å². The zero-order chi connectivity index (χ0) is 19.1. The lowest BCUT2D eigenvalue weighted by Crippen LogP contribution is -2.42. The monoisotopic (exact) mass is 368 g/mol. The fraction of sp³-hybridized carbons (Fsp3) is 0.381. The first kappa shape index (κ1) is 18.9. The fourth-order valence-electron chi connectivity index (χ4n) is 3.75. The van der Waals surface area contributed by atoms with Gasteiger partial charge < -0.3 is 10.1 Å². The average Bonchev–Trinajstić information content (AvgIpc) is 2.72. The molecule has 0 atom stereocenters. The minimum atomic E-state index is -0.439. The Hall–Kier alpha value is -2.89. The van der Waals surface area contributed by atoms with E-state index in [1.165, 1.54) is 6.42 Å². The van der Waals surface area contributed by atoms with Crippen LogP contribution in [0, 0.1) is 10.1 Å². The minimum Gasteiger partial charge on any atom is -0.445 e. The molecule has 0 aromatic heterocycles. The van der Waals surface area contributed by atoms with Crippen molar-refractivity contribution in [1.29, 1.82) is 0 Å². The first-order valence-electron chi connectivity index (χ1n) is 9.29. The summed E-state index contributed by atoms with van der Waals surface area (Å²) >= 11 is 0. The van der Waals surface area contributed by atoms with E-state index in [9.17, 15) is 14.9 Å². The lowest BCUT2D eigenvalue weighted by Gasteiger charge is -2.38. The van der Waals surface area contributed by atoms with Gasteiger partial charge in [0.2, 0.25) is 0 Å². The summed E-state index contributed by atoms with van der Waals surface area (Å²) in [5.74, 6) is 0. The SMILES string of the molecule is O=C(NCC1(c2ccc([N+](=O)[O-])cc2)CCCCC1)OCc1ccccc1. The lowest BCUT2D eigenvalue weighted by molar-refractivity contribution is -0.384. The number of amides is 1. The van der Waals surface area contributed by atoms with Gasteiger partial charge in [0.25, 0.3) is 5.69 Å². The Morgan fingerprint density at radius 2 is 1.70 bits per heavy atom. The zero-order valence-corrected chi connectivity index (χ0v) is 15.2. The van der Waals surface area contributed by atoms with Crippen molar-refractivity contribution in [2.24, 2.45) is 0 Å². The van der Waals surface area contributed by atoms with Crippen LogP contribution in [0.15, 0.2) is 54.6 Å². The molecule has 0 unspecified atom stereocenters. The predicted molar refractivity (Wildman–Crippen MR) is 102 cm³/mol. The fourth-order valence-corrected chi connectivity index (χ4v) is 3.75. The number of nitro groups is 1. The van der Waals surface area contributed by atoms with Crippen molar-refractivity contribution in [1.82, 2.24) is 5.32 Å². The normalized spacial score (nSPS) is 15.7. The van der Waals surface area contributed by atoms with Crippen LogP contribution >= 0.6 is 0 Å². The Balaban J connectivity index is 1.64. The Morgan fingerprint density at radius 1 is 1.04 bits per heavy atom. The van der Waals surface area contributed by atoms with Crippen LogP contribution in [0.1, 0.15) is 43.2 Å². The van der Waals surface area contributed by atoms with E-state index >= 15 is 0 Å². The number of non-ortho nitro benzene ring substituents is 1. The van der Waals surface area contributed by atoms with Crippen molar-refractivity contribution in [2.75, 3.05) is 6.54 Å². The van der Waals surface area contributed by atoms with Crippen LogP contribution in [0.25, 0.3) is 0 Å². The zero-order valence-electron chi connectivity index (χ0n) is 15.2. The summed E-state index contributed by atoms with van der Waals surface area (Å²) in [6.45, 7) is 0.704. The van der Waals surface area contributed by atoms with Crippen molar-refractivity contribution in [3.8, 4) is 0 Å². The highest BCUT2D eigenvalue weighted by molar-refractivity contribution is 5.67. The van der Waals surface area contributed by atoms with Gasteiger partial charge in [0.05, 0.1) is 4.92 Å². The molecule has 2 aromatic rings. The highest BCUT2D eigenvalue weighted by Gasteiger charge is 2.34. The van der Waals surface area contributed by atoms with Gasteiger partial charge in [-0.05, 0) is 24.0 Å². The lowest BCUT2D eigenvalue weighted by atomic mass is 9.69. The molecule has 0 spiro atoms. The highest BCUT2D eigenvalue weighted by atomic mass is 16.6. The molecule has 1 saturated carbocycles. The van der Waals surface area contributed by atoms with Gasteiger partial charge in [0, 0.05) is 24.1 Å². The van der Waals surface area contributed by atoms with Crippen LogP contribution in [0.4, 0.5) is 10.5 Å². The molecule has 2 aromatic carbocycles. The number of ether oxygens (including phenoxy) is 1. The number of benzene rings is 2. The third-order valence-electron chi connectivity index (χ3n) is 5.29. The quantitative estimate of drug-likeness (QED) is 0.591. The van der Waals surface area contributed by atoms with E-state index in [4.69, 9.17) is 4.74 Å². The third kappa shape index (κ3) is 4.84. The molecule has 1 N–H and O–H groups in total. The van der Waals surface area contributed by atoms with Crippen LogP contribution in [-0.2, 0) is 16.8 Å². The van der Waals surface area contributed by atoms with E-state index in [-0.39, 0.29) is 17.7 Å². The number of nitro benzene ring substituents is 1. The number of nitrogens with zero attached hydrogens (tertiary/aromatic N) is 1. The molecule has 1 aliphatic carbocycles. The van der Waals surface area contributed by atoms with Crippen LogP contribution in [0.3, 0.4) is 0 Å². The van der Waals surface area contributed by atoms with Gasteiger partial charge in [0.1, 0.15) is 6.61 Å². The van der Waals surface area contributed by atoms with Gasteiger partial charge >= 0.3 is 6.09 Å². The largest absolute Gasteiger partial charge is 0.445 e. The number of carbonyl (C=O) groups is 1. The summed E-state index contributed by atoms with van der Waals surface area (Å²) in [5.41, 5.74) is 1.87. The molecule has 1 aliphatic rings. The minimum absolute atomic E-state index is 0.0833. The maximum Gasteiger partial charge on any atom is 0.407 e. The van der Waals surface area contributed by atoms with Gasteiger partial charge in [-0.3, -0.25) is 10.1 Å². The summed E-state index contributed by atoms with van der Waals surface area (Å²) in [6.07, 6.45) is 4.79. The van der Waals surface area contributed by atoms with E-state index in [1.54, 1.807) is 12.1 Å². The summed E-state index contributed by atoms with van der Waals surface area (Å²) in [7, 11) is 0. The number of alkyl carbamates (subject to hydrolysis) is 1. The molecule has 0 heterocycles. The van der Waals surface area contributed by atoms with Crippen molar-refractivity contribution in [3.63, 3.8) is 0 Å². The number of rotatable bonds is 6. The maximum absolute atomic E-state index is 12.2. The first-order chi connectivity index (χ1) is 13.1. The number of hydrogen-bond donors (Lipinski definition) is 1. The maximum atomic E-state index is 12.2. The Bertz CT molecular complexity index is 769. The molecule has 0 radical (unpaired) electrons. The number of nitrogens with one attached hydrogen (secondary N) is 1. The molecule has 1 amide bonds. The van der Waals surface area contributed by atoms with Gasteiger partial charge in [0.15, 0.2) is 0 Å². The molecule has 3 rings (SSSR count). The summed E-state index contributed by atoms with van der Waals surface area (Å²) in [6, 6.07) is 16.3. The second-order valence-corrected chi connectivity index (χ2v) is 7.06. The van der Waals surface area contributed by atoms with Crippen LogP contribution in [0.2, 0.25) is 0 Å². The molecule has 0 bridgehead atoms. The van der Waals surface area contributed by atoms with Crippen molar-refractivity contribution < 1.29 is 14.5 Å². The molecule has 6 heteroatoms. The van der Waals surface area contributed by atoms with Gasteiger partial charge in [-0.25, -0.2) is 4.79 Å². The third-order valence-corrected chi connectivity index (χ3v) is 5.29.